The van der Waals surface area contributed by atoms with Gasteiger partial charge in [-0.25, -0.2) is 13.6 Å². The number of nitrogens with one attached hydrogen (secondary N) is 2. The number of aromatic amines is 1. The van der Waals surface area contributed by atoms with Crippen molar-refractivity contribution in [3.63, 3.8) is 0 Å². The Morgan fingerprint density at radius 1 is 1.22 bits per heavy atom. The number of fused-ring (bicyclic) bond motifs is 1. The highest BCUT2D eigenvalue weighted by atomic mass is 32.2. The summed E-state index contributed by atoms with van der Waals surface area (Å²) in [6.07, 6.45) is 3.98. The molecule has 4 rings (SSSR count). The topological polar surface area (TPSA) is 118 Å². The van der Waals surface area contributed by atoms with E-state index in [1.807, 2.05) is 19.1 Å². The van der Waals surface area contributed by atoms with Crippen molar-refractivity contribution in [2.24, 2.45) is 5.14 Å². The Kier molecular flexibility index (Phi) is 6.23. The summed E-state index contributed by atoms with van der Waals surface area (Å²) < 4.78 is 28.5. The first kappa shape index (κ1) is 22.3. The number of likely N-dealkylation sites (tertiary alicyclic amines) is 1. The van der Waals surface area contributed by atoms with E-state index in [-0.39, 0.29) is 16.8 Å². The van der Waals surface area contributed by atoms with Crippen LogP contribution in [0.1, 0.15) is 31.2 Å². The number of hydrogen-bond acceptors (Lipinski definition) is 5. The fourth-order valence-corrected chi connectivity index (χ4v) is 4.91. The van der Waals surface area contributed by atoms with Gasteiger partial charge in [0.25, 0.3) is 0 Å². The first-order valence-electron chi connectivity index (χ1n) is 10.6. The van der Waals surface area contributed by atoms with E-state index in [2.05, 4.69) is 27.5 Å². The van der Waals surface area contributed by atoms with Crippen LogP contribution in [0.5, 0.6) is 5.75 Å². The van der Waals surface area contributed by atoms with Crippen molar-refractivity contribution in [1.29, 1.82) is 0 Å². The highest BCUT2D eigenvalue weighted by Crippen LogP contribution is 2.35. The van der Waals surface area contributed by atoms with Gasteiger partial charge < -0.3 is 15.0 Å². The minimum atomic E-state index is -3.82. The zero-order chi connectivity index (χ0) is 22.9. The number of anilines is 1. The summed E-state index contributed by atoms with van der Waals surface area (Å²) in [6.45, 7) is 3.47. The van der Waals surface area contributed by atoms with E-state index in [0.29, 0.717) is 11.6 Å². The Hall–Kier alpha value is -2.88. The van der Waals surface area contributed by atoms with Gasteiger partial charge in [0.15, 0.2) is 0 Å². The highest BCUT2D eigenvalue weighted by molar-refractivity contribution is 7.89. The molecule has 170 valence electrons. The monoisotopic (exact) mass is 456 g/mol. The molecule has 0 aliphatic carbocycles. The molecule has 1 saturated heterocycles. The van der Waals surface area contributed by atoms with E-state index in [1.165, 1.54) is 23.1 Å². The second-order valence-electron chi connectivity index (χ2n) is 8.20. The number of sulfonamides is 1. The lowest BCUT2D eigenvalue weighted by Crippen LogP contribution is -2.45. The van der Waals surface area contributed by atoms with Gasteiger partial charge in [-0.2, -0.15) is 0 Å². The van der Waals surface area contributed by atoms with E-state index in [0.717, 1.165) is 37.2 Å². The molecule has 0 spiro atoms. The number of nitrogens with two attached hydrogens (primary N) is 1. The van der Waals surface area contributed by atoms with Crippen LogP contribution in [0, 0.1) is 0 Å². The number of amides is 1. The second kappa shape index (κ2) is 8.93. The predicted molar refractivity (Wildman–Crippen MR) is 124 cm³/mol. The zero-order valence-electron chi connectivity index (χ0n) is 18.2. The zero-order valence-corrected chi connectivity index (χ0v) is 19.0. The van der Waals surface area contributed by atoms with Crippen molar-refractivity contribution < 1.29 is 17.9 Å². The lowest BCUT2D eigenvalue weighted by Gasteiger charge is -2.35. The van der Waals surface area contributed by atoms with Gasteiger partial charge in [0.2, 0.25) is 15.9 Å². The fourth-order valence-electron chi connectivity index (χ4n) is 4.35. The largest absolute Gasteiger partial charge is 0.497 e. The minimum absolute atomic E-state index is 0.0286. The van der Waals surface area contributed by atoms with Crippen LogP contribution in [0.3, 0.4) is 0 Å². The average molecular weight is 457 g/mol. The molecule has 8 nitrogen and oxygen atoms in total. The molecule has 1 atom stereocenters. The van der Waals surface area contributed by atoms with Gasteiger partial charge in [-0.15, -0.1) is 0 Å². The number of carbonyl (C=O) groups is 1. The molecule has 4 N–H and O–H groups in total. The molecule has 32 heavy (non-hydrogen) atoms. The Morgan fingerprint density at radius 3 is 2.66 bits per heavy atom. The summed E-state index contributed by atoms with van der Waals surface area (Å²) in [5.74, 6) is 1.08. The Balaban J connectivity index is 1.39. The maximum absolute atomic E-state index is 12.8. The Bertz CT molecular complexity index is 1230. The number of methoxy groups -OCH3 is 1. The maximum Gasteiger partial charge on any atom is 0.241 e. The third-order valence-electron chi connectivity index (χ3n) is 6.25. The lowest BCUT2D eigenvalue weighted by molar-refractivity contribution is -0.121. The fraction of sp³-hybridized carbons (Fsp3) is 0.348. The summed E-state index contributed by atoms with van der Waals surface area (Å²) in [6, 6.07) is 11.7. The third kappa shape index (κ3) is 4.64. The highest BCUT2D eigenvalue weighted by Gasteiger charge is 2.28. The van der Waals surface area contributed by atoms with E-state index < -0.39 is 10.0 Å². The number of hydrogen-bond donors (Lipinski definition) is 3. The lowest BCUT2D eigenvalue weighted by atomic mass is 9.88. The van der Waals surface area contributed by atoms with Crippen LogP contribution in [-0.2, 0) is 14.8 Å². The van der Waals surface area contributed by atoms with Gasteiger partial charge in [-0.05, 0) is 80.7 Å². The first-order chi connectivity index (χ1) is 15.3. The molecule has 3 aromatic rings. The predicted octanol–water partition coefficient (Wildman–Crippen LogP) is 3.03. The quantitative estimate of drug-likeness (QED) is 0.527. The van der Waals surface area contributed by atoms with E-state index in [4.69, 9.17) is 9.88 Å². The summed E-state index contributed by atoms with van der Waals surface area (Å²) >= 11 is 0. The number of ether oxygens (including phenoxy) is 1. The van der Waals surface area contributed by atoms with E-state index in [9.17, 15) is 13.2 Å². The number of aromatic nitrogens is 1. The maximum atomic E-state index is 12.8. The van der Waals surface area contributed by atoms with Crippen molar-refractivity contribution in [3.05, 3.63) is 54.2 Å². The molecule has 1 fully saturated rings. The van der Waals surface area contributed by atoms with Gasteiger partial charge in [0, 0.05) is 22.8 Å². The summed E-state index contributed by atoms with van der Waals surface area (Å²) in [4.78, 5) is 18.3. The molecule has 1 unspecified atom stereocenters. The van der Waals surface area contributed by atoms with Crippen LogP contribution >= 0.6 is 0 Å². The van der Waals surface area contributed by atoms with Crippen LogP contribution in [-0.4, -0.2) is 50.5 Å². The second-order valence-corrected chi connectivity index (χ2v) is 9.77. The molecular formula is C23H28N4O4S. The number of rotatable bonds is 6. The molecule has 0 radical (unpaired) electrons. The number of benzene rings is 2. The minimum Gasteiger partial charge on any atom is -0.497 e. The van der Waals surface area contributed by atoms with E-state index in [1.54, 1.807) is 19.2 Å². The van der Waals surface area contributed by atoms with Gasteiger partial charge in [-0.1, -0.05) is 6.07 Å². The van der Waals surface area contributed by atoms with Crippen LogP contribution in [0.15, 0.2) is 53.6 Å². The molecule has 2 heterocycles. The smallest absolute Gasteiger partial charge is 0.241 e. The van der Waals surface area contributed by atoms with Crippen molar-refractivity contribution in [1.82, 2.24) is 9.88 Å². The number of H-pyrrole nitrogens is 1. The van der Waals surface area contributed by atoms with Gasteiger partial charge in [0.1, 0.15) is 5.75 Å². The summed E-state index contributed by atoms with van der Waals surface area (Å²) in [5, 5.41) is 9.17. The molecule has 2 aromatic carbocycles. The summed E-state index contributed by atoms with van der Waals surface area (Å²) in [7, 11) is -2.15. The summed E-state index contributed by atoms with van der Waals surface area (Å²) in [5.41, 5.74) is 2.80. The standard InChI is InChI=1S/C23H28N4O4S/c1-15(23(28)26-17-4-3-5-19(12-17)32(24,29)30)27-10-8-16(9-11-27)21-14-25-22-7-6-18(31-2)13-20(21)22/h3-7,12-16,25H,8-11H2,1-2H3,(H,26,28)(H2,24,29,30). The molecule has 1 aromatic heterocycles. The molecule has 0 bridgehead atoms. The van der Waals surface area contributed by atoms with Gasteiger partial charge >= 0.3 is 0 Å². The molecular weight excluding hydrogens is 428 g/mol. The van der Waals surface area contributed by atoms with Crippen LogP contribution in [0.4, 0.5) is 5.69 Å². The number of carbonyl (C=O) groups excluding carboxylic acids is 1. The van der Waals surface area contributed by atoms with Crippen molar-refractivity contribution >= 4 is 32.5 Å². The van der Waals surface area contributed by atoms with Gasteiger partial charge in [-0.3, -0.25) is 9.69 Å². The molecule has 9 heteroatoms. The Morgan fingerprint density at radius 2 is 1.97 bits per heavy atom. The van der Waals surface area contributed by atoms with Crippen molar-refractivity contribution in [2.45, 2.75) is 36.6 Å². The van der Waals surface area contributed by atoms with Gasteiger partial charge in [0.05, 0.1) is 18.0 Å². The average Bonchev–Trinajstić information content (AvgIpc) is 3.21. The Labute approximate surface area is 187 Å². The van der Waals surface area contributed by atoms with Crippen LogP contribution in [0.2, 0.25) is 0 Å². The molecule has 1 aliphatic heterocycles. The molecule has 1 aliphatic rings. The van der Waals surface area contributed by atoms with Crippen molar-refractivity contribution in [2.75, 3.05) is 25.5 Å². The van der Waals surface area contributed by atoms with Crippen LogP contribution in [0.25, 0.3) is 10.9 Å². The first-order valence-corrected chi connectivity index (χ1v) is 12.1. The van der Waals surface area contributed by atoms with Crippen LogP contribution < -0.4 is 15.2 Å². The number of primary sulfonamides is 1. The number of piperidine rings is 1. The normalized spacial score (nSPS) is 16.7. The van der Waals surface area contributed by atoms with Crippen molar-refractivity contribution in [3.8, 4) is 5.75 Å². The molecule has 1 amide bonds. The van der Waals surface area contributed by atoms with E-state index >= 15 is 0 Å². The third-order valence-corrected chi connectivity index (χ3v) is 7.16. The SMILES string of the molecule is COc1ccc2[nH]cc(C3CCN(C(C)C(=O)Nc4cccc(S(N)(=O)=O)c4)CC3)c2c1. The molecule has 0 saturated carbocycles. The number of nitrogens with zero attached hydrogens (tertiary/aromatic N) is 1.